The second kappa shape index (κ2) is 7.85. The van der Waals surface area contributed by atoms with E-state index in [1.165, 1.54) is 6.42 Å². The van der Waals surface area contributed by atoms with Gasteiger partial charge in [0.05, 0.1) is 19.9 Å². The fourth-order valence-corrected chi connectivity index (χ4v) is 3.82. The lowest BCUT2D eigenvalue weighted by Crippen LogP contribution is -2.29. The van der Waals surface area contributed by atoms with Crippen molar-refractivity contribution in [2.45, 2.75) is 29.7 Å². The average molecular weight is 349 g/mol. The van der Waals surface area contributed by atoms with Gasteiger partial charge in [-0.2, -0.15) is 0 Å². The zero-order chi connectivity index (χ0) is 16.9. The topological polar surface area (TPSA) is 74.1 Å². The summed E-state index contributed by atoms with van der Waals surface area (Å²) in [7, 11) is 5.29. The maximum Gasteiger partial charge on any atom is 0.191 e. The third kappa shape index (κ3) is 3.49. The van der Waals surface area contributed by atoms with Crippen LogP contribution in [0.4, 0.5) is 0 Å². The third-order valence-electron chi connectivity index (χ3n) is 4.23. The second-order valence-electron chi connectivity index (χ2n) is 5.72. The van der Waals surface area contributed by atoms with E-state index in [2.05, 4.69) is 25.1 Å². The van der Waals surface area contributed by atoms with Gasteiger partial charge in [-0.3, -0.25) is 4.98 Å². The van der Waals surface area contributed by atoms with Crippen LogP contribution < -0.4 is 14.8 Å². The molecule has 8 heteroatoms. The van der Waals surface area contributed by atoms with Crippen molar-refractivity contribution in [3.63, 3.8) is 0 Å². The number of hydrogen-bond donors (Lipinski definition) is 1. The second-order valence-corrected chi connectivity index (χ2v) is 6.67. The van der Waals surface area contributed by atoms with Crippen molar-refractivity contribution in [1.82, 2.24) is 25.1 Å². The minimum absolute atomic E-state index is 0.440. The van der Waals surface area contributed by atoms with Crippen LogP contribution in [0.1, 0.15) is 30.3 Å². The van der Waals surface area contributed by atoms with E-state index in [1.54, 1.807) is 38.2 Å². The number of nitrogens with zero attached hydrogens (tertiary/aromatic N) is 4. The van der Waals surface area contributed by atoms with Crippen LogP contribution in [0.3, 0.4) is 0 Å². The highest BCUT2D eigenvalue weighted by Crippen LogP contribution is 2.33. The minimum Gasteiger partial charge on any atom is -0.493 e. The van der Waals surface area contributed by atoms with Crippen molar-refractivity contribution in [2.24, 2.45) is 7.05 Å². The summed E-state index contributed by atoms with van der Waals surface area (Å²) in [5.74, 6) is 3.50. The molecule has 0 amide bonds. The molecule has 2 aromatic rings. The largest absolute Gasteiger partial charge is 0.493 e. The molecule has 3 heterocycles. The fraction of sp³-hybridized carbons (Fsp3) is 0.562. The van der Waals surface area contributed by atoms with Crippen LogP contribution in [0.15, 0.2) is 17.4 Å². The van der Waals surface area contributed by atoms with E-state index in [0.29, 0.717) is 23.2 Å². The monoisotopic (exact) mass is 349 g/mol. The highest BCUT2D eigenvalue weighted by atomic mass is 32.2. The summed E-state index contributed by atoms with van der Waals surface area (Å²) in [6, 6.07) is 1.80. The first-order chi connectivity index (χ1) is 11.7. The lowest BCUT2D eigenvalue weighted by Gasteiger charge is -2.21. The third-order valence-corrected chi connectivity index (χ3v) is 5.27. The number of hydrogen-bond acceptors (Lipinski definition) is 7. The number of pyridine rings is 1. The summed E-state index contributed by atoms with van der Waals surface area (Å²) in [4.78, 5) is 4.41. The quantitative estimate of drug-likeness (QED) is 0.799. The van der Waals surface area contributed by atoms with Crippen LogP contribution in [0, 0.1) is 0 Å². The molecule has 1 fully saturated rings. The molecule has 0 unspecified atom stereocenters. The first-order valence-electron chi connectivity index (χ1n) is 8.03. The van der Waals surface area contributed by atoms with Crippen molar-refractivity contribution in [3.8, 4) is 11.5 Å². The number of ether oxygens (including phenoxy) is 2. The summed E-state index contributed by atoms with van der Waals surface area (Å²) >= 11 is 1.60. The lowest BCUT2D eigenvalue weighted by molar-refractivity contribution is 0.350. The maximum atomic E-state index is 5.43. The van der Waals surface area contributed by atoms with Crippen molar-refractivity contribution in [1.29, 1.82) is 0 Å². The zero-order valence-electron chi connectivity index (χ0n) is 14.3. The van der Waals surface area contributed by atoms with Gasteiger partial charge in [0.25, 0.3) is 0 Å². The van der Waals surface area contributed by atoms with Gasteiger partial charge in [-0.1, -0.05) is 11.8 Å². The molecule has 3 rings (SSSR count). The molecule has 7 nitrogen and oxygen atoms in total. The molecule has 1 aliphatic heterocycles. The van der Waals surface area contributed by atoms with Crippen LogP contribution in [-0.4, -0.2) is 47.1 Å². The molecule has 0 bridgehead atoms. The summed E-state index contributed by atoms with van der Waals surface area (Å²) < 4.78 is 12.8. The van der Waals surface area contributed by atoms with E-state index >= 15 is 0 Å². The molecule has 1 saturated heterocycles. The number of piperidine rings is 1. The average Bonchev–Trinajstić information content (AvgIpc) is 3.00. The van der Waals surface area contributed by atoms with Gasteiger partial charge in [-0.05, 0) is 19.4 Å². The van der Waals surface area contributed by atoms with Crippen molar-refractivity contribution < 1.29 is 9.47 Å². The summed E-state index contributed by atoms with van der Waals surface area (Å²) in [6.07, 6.45) is 4.08. The van der Waals surface area contributed by atoms with Crippen molar-refractivity contribution >= 4 is 11.8 Å². The molecule has 2 aromatic heterocycles. The Bertz CT molecular complexity index is 685. The highest BCUT2D eigenvalue weighted by Gasteiger charge is 2.22. The molecule has 1 aliphatic rings. The highest BCUT2D eigenvalue weighted by molar-refractivity contribution is 7.98. The van der Waals surface area contributed by atoms with E-state index in [-0.39, 0.29) is 0 Å². The Morgan fingerprint density at radius 3 is 2.92 bits per heavy atom. The number of nitrogens with one attached hydrogen (secondary N) is 1. The van der Waals surface area contributed by atoms with E-state index in [9.17, 15) is 0 Å². The van der Waals surface area contributed by atoms with E-state index in [0.717, 1.165) is 36.2 Å². The molecule has 0 saturated carbocycles. The van der Waals surface area contributed by atoms with Crippen molar-refractivity contribution in [2.75, 3.05) is 27.3 Å². The smallest absolute Gasteiger partial charge is 0.191 e. The normalized spacial score (nSPS) is 17.7. The van der Waals surface area contributed by atoms with Gasteiger partial charge in [0.15, 0.2) is 16.7 Å². The minimum atomic E-state index is 0.440. The molecular formula is C16H23N5O2S. The standard InChI is InChI=1S/C16H23N5O2S/c1-21-15(11-5-4-7-17-9-11)19-20-16(21)24-10-12-14(23-3)13(22-2)6-8-18-12/h6,8,11,17H,4-5,7,9-10H2,1-3H3/t11-/m1/s1. The van der Waals surface area contributed by atoms with Gasteiger partial charge in [-0.15, -0.1) is 10.2 Å². The van der Waals surface area contributed by atoms with Crippen LogP contribution >= 0.6 is 11.8 Å². The summed E-state index contributed by atoms with van der Waals surface area (Å²) in [5.41, 5.74) is 0.839. The van der Waals surface area contributed by atoms with Crippen LogP contribution in [0.2, 0.25) is 0 Å². The Labute approximate surface area is 146 Å². The Morgan fingerprint density at radius 2 is 2.21 bits per heavy atom. The number of rotatable bonds is 6. The number of thioether (sulfide) groups is 1. The molecule has 1 atom stereocenters. The zero-order valence-corrected chi connectivity index (χ0v) is 15.1. The summed E-state index contributed by atoms with van der Waals surface area (Å²) in [5, 5.41) is 13.1. The lowest BCUT2D eigenvalue weighted by atomic mass is 9.99. The molecule has 0 radical (unpaired) electrons. The molecule has 0 aliphatic carbocycles. The Morgan fingerprint density at radius 1 is 1.33 bits per heavy atom. The maximum absolute atomic E-state index is 5.43. The molecule has 1 N–H and O–H groups in total. The van der Waals surface area contributed by atoms with Gasteiger partial charge in [0.2, 0.25) is 0 Å². The van der Waals surface area contributed by atoms with Crippen LogP contribution in [0.5, 0.6) is 11.5 Å². The Kier molecular flexibility index (Phi) is 5.57. The van der Waals surface area contributed by atoms with Crippen LogP contribution in [-0.2, 0) is 12.8 Å². The SMILES string of the molecule is COc1ccnc(CSc2nnc([C@@H]3CCCNC3)n2C)c1OC. The first kappa shape index (κ1) is 17.0. The van der Waals surface area contributed by atoms with Crippen LogP contribution in [0.25, 0.3) is 0 Å². The number of methoxy groups -OCH3 is 2. The first-order valence-corrected chi connectivity index (χ1v) is 9.01. The van der Waals surface area contributed by atoms with Gasteiger partial charge in [0.1, 0.15) is 5.82 Å². The predicted molar refractivity (Wildman–Crippen MR) is 92.7 cm³/mol. The molecule has 0 aromatic carbocycles. The Hall–Kier alpha value is -1.80. The van der Waals surface area contributed by atoms with E-state index in [4.69, 9.17) is 9.47 Å². The molecule has 130 valence electrons. The molecular weight excluding hydrogens is 326 g/mol. The molecule has 24 heavy (non-hydrogen) atoms. The fourth-order valence-electron chi connectivity index (χ4n) is 2.97. The van der Waals surface area contributed by atoms with Gasteiger partial charge in [0, 0.05) is 37.5 Å². The number of aromatic nitrogens is 4. The predicted octanol–water partition coefficient (Wildman–Crippen LogP) is 1.99. The van der Waals surface area contributed by atoms with Gasteiger partial charge in [-0.25, -0.2) is 0 Å². The van der Waals surface area contributed by atoms with Gasteiger partial charge < -0.3 is 19.4 Å². The van der Waals surface area contributed by atoms with E-state index < -0.39 is 0 Å². The van der Waals surface area contributed by atoms with Crippen molar-refractivity contribution in [3.05, 3.63) is 23.8 Å². The van der Waals surface area contributed by atoms with Gasteiger partial charge >= 0.3 is 0 Å². The van der Waals surface area contributed by atoms with E-state index in [1.807, 2.05) is 7.05 Å². The Balaban J connectivity index is 1.72. The summed E-state index contributed by atoms with van der Waals surface area (Å²) in [6.45, 7) is 2.07. The molecule has 0 spiro atoms.